The highest BCUT2D eigenvalue weighted by Crippen LogP contribution is 2.30. The molecule has 2 aromatic carbocycles. The van der Waals surface area contributed by atoms with Gasteiger partial charge in [0.2, 0.25) is 0 Å². The van der Waals surface area contributed by atoms with Gasteiger partial charge in [0.1, 0.15) is 5.82 Å². The smallest absolute Gasteiger partial charge is 0.129 e. The number of fused-ring (bicyclic) bond motifs is 1. The monoisotopic (exact) mass is 424 g/mol. The van der Waals surface area contributed by atoms with Crippen LogP contribution in [0.3, 0.4) is 0 Å². The van der Waals surface area contributed by atoms with E-state index >= 15 is 0 Å². The number of halogens is 2. The van der Waals surface area contributed by atoms with Crippen molar-refractivity contribution in [3.63, 3.8) is 0 Å². The fourth-order valence-corrected chi connectivity index (χ4v) is 4.91. The number of hydrogen-bond acceptors (Lipinski definition) is 3. The summed E-state index contributed by atoms with van der Waals surface area (Å²) >= 11 is 5.93. The largest absolute Gasteiger partial charge is 0.323 e. The lowest BCUT2D eigenvalue weighted by Crippen LogP contribution is -2.39. The third-order valence-corrected chi connectivity index (χ3v) is 6.80. The maximum atomic E-state index is 14.5. The molecule has 0 spiro atoms. The molecule has 30 heavy (non-hydrogen) atoms. The topological polar surface area (TPSA) is 33.1 Å². The average Bonchev–Trinajstić information content (AvgIpc) is 3.43. The molecular weight excluding hydrogens is 399 g/mol. The molecule has 0 bridgehead atoms. The SMILES string of the molecule is C[C@H](c1ccc(Cl)cc1F)n1cnc2ccc(C3=CCN(C4CCNC4)CC3)cc21. The van der Waals surface area contributed by atoms with Crippen molar-refractivity contribution >= 4 is 28.2 Å². The van der Waals surface area contributed by atoms with Gasteiger partial charge in [0.25, 0.3) is 0 Å². The van der Waals surface area contributed by atoms with Crippen molar-refractivity contribution in [3.05, 3.63) is 70.8 Å². The molecule has 1 saturated heterocycles. The number of benzene rings is 2. The summed E-state index contributed by atoms with van der Waals surface area (Å²) in [5.41, 5.74) is 5.18. The van der Waals surface area contributed by atoms with Crippen molar-refractivity contribution in [2.75, 3.05) is 26.2 Å². The Labute approximate surface area is 181 Å². The summed E-state index contributed by atoms with van der Waals surface area (Å²) in [6.45, 7) is 6.33. The van der Waals surface area contributed by atoms with E-state index in [1.165, 1.54) is 23.6 Å². The van der Waals surface area contributed by atoms with Gasteiger partial charge in [0, 0.05) is 36.3 Å². The van der Waals surface area contributed by atoms with Gasteiger partial charge in [0.05, 0.1) is 23.4 Å². The summed E-state index contributed by atoms with van der Waals surface area (Å²) in [5.74, 6) is -0.288. The van der Waals surface area contributed by atoms with Gasteiger partial charge in [-0.15, -0.1) is 0 Å². The zero-order valence-electron chi connectivity index (χ0n) is 17.1. The Kier molecular flexibility index (Phi) is 5.35. The molecule has 1 unspecified atom stereocenters. The van der Waals surface area contributed by atoms with E-state index in [0.717, 1.165) is 43.6 Å². The second-order valence-electron chi connectivity index (χ2n) is 8.32. The third kappa shape index (κ3) is 3.66. The van der Waals surface area contributed by atoms with E-state index in [2.05, 4.69) is 39.5 Å². The van der Waals surface area contributed by atoms with Crippen molar-refractivity contribution in [1.29, 1.82) is 0 Å². The molecule has 2 atom stereocenters. The van der Waals surface area contributed by atoms with E-state index in [1.54, 1.807) is 18.5 Å². The molecule has 4 nitrogen and oxygen atoms in total. The van der Waals surface area contributed by atoms with Crippen LogP contribution >= 0.6 is 11.6 Å². The summed E-state index contributed by atoms with van der Waals surface area (Å²) in [4.78, 5) is 7.12. The van der Waals surface area contributed by atoms with E-state index in [-0.39, 0.29) is 11.9 Å². The average molecular weight is 425 g/mol. The Bertz CT molecular complexity index is 1100. The van der Waals surface area contributed by atoms with Crippen molar-refractivity contribution in [2.45, 2.75) is 31.8 Å². The molecule has 3 heterocycles. The first-order chi connectivity index (χ1) is 14.6. The van der Waals surface area contributed by atoms with Crippen molar-refractivity contribution in [2.24, 2.45) is 0 Å². The lowest BCUT2D eigenvalue weighted by Gasteiger charge is -2.31. The van der Waals surface area contributed by atoms with Crippen LogP contribution in [0.25, 0.3) is 16.6 Å². The van der Waals surface area contributed by atoms with E-state index < -0.39 is 0 Å². The summed E-state index contributed by atoms with van der Waals surface area (Å²) < 4.78 is 16.5. The molecule has 5 rings (SSSR count). The van der Waals surface area contributed by atoms with Gasteiger partial charge < -0.3 is 9.88 Å². The van der Waals surface area contributed by atoms with Gasteiger partial charge in [-0.3, -0.25) is 4.90 Å². The van der Waals surface area contributed by atoms with E-state index in [0.29, 0.717) is 16.6 Å². The first-order valence-corrected chi connectivity index (χ1v) is 11.0. The molecule has 0 amide bonds. The summed E-state index contributed by atoms with van der Waals surface area (Å²) in [6, 6.07) is 11.8. The van der Waals surface area contributed by atoms with Gasteiger partial charge in [-0.1, -0.05) is 29.8 Å². The highest BCUT2D eigenvalue weighted by molar-refractivity contribution is 6.30. The quantitative estimate of drug-likeness (QED) is 0.647. The number of nitrogens with one attached hydrogen (secondary N) is 1. The molecule has 0 radical (unpaired) electrons. The predicted octanol–water partition coefficient (Wildman–Crippen LogP) is 4.89. The van der Waals surface area contributed by atoms with Crippen molar-refractivity contribution < 1.29 is 4.39 Å². The van der Waals surface area contributed by atoms with Gasteiger partial charge in [-0.25, -0.2) is 9.37 Å². The van der Waals surface area contributed by atoms with Gasteiger partial charge in [-0.2, -0.15) is 0 Å². The lowest BCUT2D eigenvalue weighted by atomic mass is 9.98. The predicted molar refractivity (Wildman–Crippen MR) is 120 cm³/mol. The second kappa shape index (κ2) is 8.14. The fraction of sp³-hybridized carbons (Fsp3) is 0.375. The van der Waals surface area contributed by atoms with Crippen LogP contribution in [0.2, 0.25) is 5.02 Å². The van der Waals surface area contributed by atoms with Crippen LogP contribution in [0.1, 0.15) is 36.9 Å². The van der Waals surface area contributed by atoms with Crippen LogP contribution in [0, 0.1) is 5.82 Å². The van der Waals surface area contributed by atoms with Crippen LogP contribution < -0.4 is 5.32 Å². The highest BCUT2D eigenvalue weighted by Gasteiger charge is 2.24. The third-order valence-electron chi connectivity index (χ3n) is 6.57. The molecule has 1 fully saturated rings. The Morgan fingerprint density at radius 2 is 2.13 bits per heavy atom. The maximum absolute atomic E-state index is 14.5. The van der Waals surface area contributed by atoms with E-state index in [4.69, 9.17) is 11.6 Å². The Hall–Kier alpha value is -2.21. The van der Waals surface area contributed by atoms with Gasteiger partial charge in [-0.05, 0) is 61.7 Å². The van der Waals surface area contributed by atoms with Crippen LogP contribution in [0.5, 0.6) is 0 Å². The number of rotatable bonds is 4. The Morgan fingerprint density at radius 3 is 2.87 bits per heavy atom. The second-order valence-corrected chi connectivity index (χ2v) is 8.75. The Balaban J connectivity index is 1.43. The molecule has 2 aliphatic rings. The Morgan fingerprint density at radius 1 is 1.23 bits per heavy atom. The number of imidazole rings is 1. The standard InChI is InChI=1S/C24H26ClFN4/c1-16(21-4-3-19(25)13-22(21)26)30-15-28-23-5-2-18(12-24(23)30)17-7-10-29(11-8-17)20-6-9-27-14-20/h2-5,7,12-13,15-16,20,27H,6,8-11,14H2,1H3/t16-,20?/m1/s1. The molecule has 6 heteroatoms. The molecule has 3 aromatic rings. The molecule has 2 aliphatic heterocycles. The summed E-state index contributed by atoms with van der Waals surface area (Å²) in [6.07, 6.45) is 6.47. The van der Waals surface area contributed by atoms with Crippen LogP contribution in [-0.2, 0) is 0 Å². The first-order valence-electron chi connectivity index (χ1n) is 10.7. The van der Waals surface area contributed by atoms with E-state index in [9.17, 15) is 4.39 Å². The number of nitrogens with zero attached hydrogens (tertiary/aromatic N) is 3. The minimum Gasteiger partial charge on any atom is -0.323 e. The minimum absolute atomic E-state index is 0.173. The molecule has 0 saturated carbocycles. The van der Waals surface area contributed by atoms with Crippen LogP contribution in [0.15, 0.2) is 48.8 Å². The first kappa shape index (κ1) is 19.7. The summed E-state index contributed by atoms with van der Waals surface area (Å²) in [5, 5.41) is 3.87. The molecular formula is C24H26ClFN4. The van der Waals surface area contributed by atoms with E-state index in [1.807, 2.05) is 11.5 Å². The van der Waals surface area contributed by atoms with Crippen molar-refractivity contribution in [3.8, 4) is 0 Å². The van der Waals surface area contributed by atoms with Gasteiger partial charge in [0.15, 0.2) is 0 Å². The summed E-state index contributed by atoms with van der Waals surface area (Å²) in [7, 11) is 0. The maximum Gasteiger partial charge on any atom is 0.129 e. The van der Waals surface area contributed by atoms with Gasteiger partial charge >= 0.3 is 0 Å². The highest BCUT2D eigenvalue weighted by atomic mass is 35.5. The van der Waals surface area contributed by atoms with Crippen LogP contribution in [0.4, 0.5) is 4.39 Å². The van der Waals surface area contributed by atoms with Crippen molar-refractivity contribution in [1.82, 2.24) is 19.8 Å². The molecule has 0 aliphatic carbocycles. The number of aromatic nitrogens is 2. The molecule has 156 valence electrons. The molecule has 1 aromatic heterocycles. The zero-order chi connectivity index (χ0) is 20.7. The number of hydrogen-bond donors (Lipinski definition) is 1. The fourth-order valence-electron chi connectivity index (χ4n) is 4.75. The molecule has 1 N–H and O–H groups in total. The minimum atomic E-state index is -0.288. The lowest BCUT2D eigenvalue weighted by molar-refractivity contribution is 0.230. The van der Waals surface area contributed by atoms with Crippen LogP contribution in [-0.4, -0.2) is 46.7 Å². The zero-order valence-corrected chi connectivity index (χ0v) is 17.9. The normalized spacial score (nSPS) is 21.2.